The van der Waals surface area contributed by atoms with Gasteiger partial charge in [-0.2, -0.15) is 0 Å². The average Bonchev–Trinajstić information content (AvgIpc) is 2.02. The molecule has 76 valence electrons. The zero-order chi connectivity index (χ0) is 9.73. The second-order valence-electron chi connectivity index (χ2n) is 3.42. The molecule has 0 bridgehead atoms. The van der Waals surface area contributed by atoms with Crippen molar-refractivity contribution in [3.8, 4) is 0 Å². The molecule has 0 heterocycles. The van der Waals surface area contributed by atoms with Crippen LogP contribution in [0.5, 0.6) is 0 Å². The molecule has 13 heavy (non-hydrogen) atoms. The van der Waals surface area contributed by atoms with E-state index in [0.29, 0.717) is 5.54 Å². The van der Waals surface area contributed by atoms with Crippen molar-refractivity contribution < 1.29 is 8.85 Å². The molecule has 1 aliphatic rings. The van der Waals surface area contributed by atoms with Crippen LogP contribution in [0.1, 0.15) is 33.1 Å². The number of rotatable bonds is 6. The van der Waals surface area contributed by atoms with Crippen molar-refractivity contribution in [1.29, 1.82) is 0 Å². The third kappa shape index (κ3) is 2.21. The van der Waals surface area contributed by atoms with Crippen LogP contribution in [-0.4, -0.2) is 21.8 Å². The Bertz CT molecular complexity index is 160. The first-order chi connectivity index (χ1) is 6.29. The summed E-state index contributed by atoms with van der Waals surface area (Å²) in [6, 6.07) is 0. The van der Waals surface area contributed by atoms with Gasteiger partial charge in [-0.3, -0.25) is 0 Å². The molecule has 3 heteroatoms. The van der Waals surface area contributed by atoms with Gasteiger partial charge in [0, 0.05) is 18.8 Å². The molecule has 1 aliphatic carbocycles. The summed E-state index contributed by atoms with van der Waals surface area (Å²) >= 11 is 0. The molecule has 0 saturated heterocycles. The maximum absolute atomic E-state index is 5.82. The fourth-order valence-electron chi connectivity index (χ4n) is 1.82. The standard InChI is InChI=1S/C10H20O2Si/c1-4-11-13(6-3,12-5-2)10-8-7-9-10/h6,10H,3-5,7-9H2,1-2H3. The van der Waals surface area contributed by atoms with E-state index in [2.05, 4.69) is 6.58 Å². The van der Waals surface area contributed by atoms with E-state index in [1.165, 1.54) is 19.3 Å². The average molecular weight is 200 g/mol. The molecule has 0 aromatic heterocycles. The van der Waals surface area contributed by atoms with Crippen molar-refractivity contribution in [3.63, 3.8) is 0 Å². The van der Waals surface area contributed by atoms with Crippen LogP contribution in [0, 0.1) is 0 Å². The second kappa shape index (κ2) is 4.93. The molecule has 1 rings (SSSR count). The van der Waals surface area contributed by atoms with Gasteiger partial charge in [0.1, 0.15) is 0 Å². The Kier molecular flexibility index (Phi) is 4.16. The lowest BCUT2D eigenvalue weighted by Crippen LogP contribution is -2.47. The SMILES string of the molecule is C=C[Si](OCC)(OCC)C1CCC1. The third-order valence-corrected chi connectivity index (χ3v) is 6.46. The fourth-order valence-corrected chi connectivity index (χ4v) is 5.06. The Morgan fingerprint density at radius 1 is 1.31 bits per heavy atom. The van der Waals surface area contributed by atoms with Crippen molar-refractivity contribution in [1.82, 2.24) is 0 Å². The van der Waals surface area contributed by atoms with E-state index in [-0.39, 0.29) is 0 Å². The predicted octanol–water partition coefficient (Wildman–Crippen LogP) is 2.78. The Morgan fingerprint density at radius 3 is 2.08 bits per heavy atom. The van der Waals surface area contributed by atoms with Crippen LogP contribution < -0.4 is 0 Å². The lowest BCUT2D eigenvalue weighted by atomic mass is 10.00. The van der Waals surface area contributed by atoms with E-state index in [1.807, 2.05) is 19.5 Å². The van der Waals surface area contributed by atoms with Crippen molar-refractivity contribution >= 4 is 8.56 Å². The zero-order valence-corrected chi connectivity index (χ0v) is 9.71. The van der Waals surface area contributed by atoms with Gasteiger partial charge in [0.05, 0.1) is 0 Å². The van der Waals surface area contributed by atoms with E-state index in [4.69, 9.17) is 8.85 Å². The van der Waals surface area contributed by atoms with Crippen LogP contribution in [-0.2, 0) is 8.85 Å². The molecule has 0 aromatic rings. The zero-order valence-electron chi connectivity index (χ0n) is 8.71. The molecule has 1 saturated carbocycles. The van der Waals surface area contributed by atoms with Gasteiger partial charge in [-0.05, 0) is 32.4 Å². The smallest absolute Gasteiger partial charge is 0.367 e. The van der Waals surface area contributed by atoms with E-state index < -0.39 is 8.56 Å². The van der Waals surface area contributed by atoms with Crippen LogP contribution in [0.4, 0.5) is 0 Å². The van der Waals surface area contributed by atoms with Gasteiger partial charge in [0.2, 0.25) is 0 Å². The summed E-state index contributed by atoms with van der Waals surface area (Å²) in [5, 5.41) is 0. The van der Waals surface area contributed by atoms with Gasteiger partial charge in [0.25, 0.3) is 0 Å². The summed E-state index contributed by atoms with van der Waals surface area (Å²) in [5.74, 6) is 0. The molecule has 0 aromatic carbocycles. The van der Waals surface area contributed by atoms with Gasteiger partial charge in [-0.1, -0.05) is 6.42 Å². The van der Waals surface area contributed by atoms with Gasteiger partial charge in [-0.15, -0.1) is 6.58 Å². The highest BCUT2D eigenvalue weighted by Crippen LogP contribution is 2.42. The highest BCUT2D eigenvalue weighted by Gasteiger charge is 2.45. The lowest BCUT2D eigenvalue weighted by Gasteiger charge is -2.39. The van der Waals surface area contributed by atoms with Crippen molar-refractivity contribution in [2.24, 2.45) is 0 Å². The summed E-state index contributed by atoms with van der Waals surface area (Å²) < 4.78 is 11.6. The summed E-state index contributed by atoms with van der Waals surface area (Å²) in [4.78, 5) is 0. The molecule has 1 fully saturated rings. The van der Waals surface area contributed by atoms with E-state index in [1.54, 1.807) is 0 Å². The van der Waals surface area contributed by atoms with Crippen molar-refractivity contribution in [2.75, 3.05) is 13.2 Å². The van der Waals surface area contributed by atoms with E-state index >= 15 is 0 Å². The molecule has 2 nitrogen and oxygen atoms in total. The summed E-state index contributed by atoms with van der Waals surface area (Å²) in [6.45, 7) is 9.44. The maximum Gasteiger partial charge on any atom is 0.367 e. The van der Waals surface area contributed by atoms with Crippen molar-refractivity contribution in [2.45, 2.75) is 38.7 Å². The van der Waals surface area contributed by atoms with Crippen LogP contribution >= 0.6 is 0 Å². The molecule has 0 radical (unpaired) electrons. The molecule has 0 unspecified atom stereocenters. The highest BCUT2D eigenvalue weighted by molar-refractivity contribution is 6.74. The van der Waals surface area contributed by atoms with Gasteiger partial charge >= 0.3 is 8.56 Å². The topological polar surface area (TPSA) is 18.5 Å². The van der Waals surface area contributed by atoms with Crippen LogP contribution in [0.3, 0.4) is 0 Å². The van der Waals surface area contributed by atoms with Gasteiger partial charge in [-0.25, -0.2) is 0 Å². The molecule has 0 amide bonds. The maximum atomic E-state index is 5.82. The molecular weight excluding hydrogens is 180 g/mol. The van der Waals surface area contributed by atoms with Crippen LogP contribution in [0.2, 0.25) is 5.54 Å². The third-order valence-electron chi connectivity index (χ3n) is 2.70. The lowest BCUT2D eigenvalue weighted by molar-refractivity contribution is 0.170. The minimum atomic E-state index is -2.02. The van der Waals surface area contributed by atoms with Gasteiger partial charge in [0.15, 0.2) is 0 Å². The normalized spacial score (nSPS) is 18.3. The first kappa shape index (κ1) is 11.0. The minimum absolute atomic E-state index is 0.657. The second-order valence-corrected chi connectivity index (χ2v) is 6.66. The summed E-state index contributed by atoms with van der Waals surface area (Å²) in [6.07, 6.45) is 3.85. The first-order valence-electron chi connectivity index (χ1n) is 5.20. The van der Waals surface area contributed by atoms with Gasteiger partial charge < -0.3 is 8.85 Å². The Hall–Kier alpha value is -0.123. The highest BCUT2D eigenvalue weighted by atomic mass is 28.4. The molecule has 0 N–H and O–H groups in total. The number of hydrogen-bond acceptors (Lipinski definition) is 2. The molecule has 0 aliphatic heterocycles. The van der Waals surface area contributed by atoms with Crippen molar-refractivity contribution in [3.05, 3.63) is 12.3 Å². The van der Waals surface area contributed by atoms with E-state index in [0.717, 1.165) is 13.2 Å². The Balaban J connectivity index is 2.61. The Labute approximate surface area is 82.2 Å². The quantitative estimate of drug-likeness (QED) is 0.614. The molecule has 0 atom stereocenters. The first-order valence-corrected chi connectivity index (χ1v) is 7.17. The van der Waals surface area contributed by atoms with Crippen LogP contribution in [0.25, 0.3) is 0 Å². The van der Waals surface area contributed by atoms with E-state index in [9.17, 15) is 0 Å². The minimum Gasteiger partial charge on any atom is -0.391 e. The fraction of sp³-hybridized carbons (Fsp3) is 0.800. The molecular formula is C10H20O2Si. The largest absolute Gasteiger partial charge is 0.391 e. The molecule has 0 spiro atoms. The summed E-state index contributed by atoms with van der Waals surface area (Å²) in [5.41, 5.74) is 2.62. The number of hydrogen-bond donors (Lipinski definition) is 0. The monoisotopic (exact) mass is 200 g/mol. The predicted molar refractivity (Wildman–Crippen MR) is 56.8 cm³/mol. The summed E-state index contributed by atoms with van der Waals surface area (Å²) in [7, 11) is -2.02. The van der Waals surface area contributed by atoms with Crippen LogP contribution in [0.15, 0.2) is 12.3 Å². The Morgan fingerprint density at radius 2 is 1.85 bits per heavy atom.